The topological polar surface area (TPSA) is 44.8 Å². The van der Waals surface area contributed by atoms with E-state index in [1.54, 1.807) is 6.92 Å². The van der Waals surface area contributed by atoms with Crippen molar-refractivity contribution in [3.8, 4) is 0 Å². The highest BCUT2D eigenvalue weighted by Crippen LogP contribution is 2.36. The molecule has 22 heavy (non-hydrogen) atoms. The molecule has 1 aliphatic rings. The lowest BCUT2D eigenvalue weighted by Crippen LogP contribution is -2.41. The molecule has 0 saturated carbocycles. The van der Waals surface area contributed by atoms with E-state index in [4.69, 9.17) is 14.0 Å². The molecule has 0 aromatic heterocycles. The lowest BCUT2D eigenvalue weighted by molar-refractivity contribution is -0.136. The minimum atomic E-state index is -0.407. The molecule has 4 nitrogen and oxygen atoms in total. The molecule has 0 spiro atoms. The predicted octanol–water partition coefficient (Wildman–Crippen LogP) is 2.56. The van der Waals surface area contributed by atoms with Gasteiger partial charge in [0, 0.05) is 0 Å². The van der Waals surface area contributed by atoms with Crippen LogP contribution in [0.3, 0.4) is 0 Å². The molecular formula is C17H23BO4. The van der Waals surface area contributed by atoms with Crippen LogP contribution in [0.5, 0.6) is 0 Å². The van der Waals surface area contributed by atoms with Crippen molar-refractivity contribution in [2.45, 2.75) is 45.8 Å². The van der Waals surface area contributed by atoms with E-state index >= 15 is 0 Å². The van der Waals surface area contributed by atoms with E-state index in [0.29, 0.717) is 12.2 Å². The number of hydrogen-bond acceptors (Lipinski definition) is 4. The molecule has 1 aliphatic heterocycles. The molecule has 0 amide bonds. The molecule has 118 valence electrons. The van der Waals surface area contributed by atoms with E-state index in [0.717, 1.165) is 11.0 Å². The van der Waals surface area contributed by atoms with Gasteiger partial charge in [0.25, 0.3) is 0 Å². The molecule has 1 aromatic carbocycles. The van der Waals surface area contributed by atoms with Crippen LogP contribution in [-0.4, -0.2) is 30.9 Å². The van der Waals surface area contributed by atoms with E-state index in [2.05, 4.69) is 6.58 Å². The van der Waals surface area contributed by atoms with Gasteiger partial charge in [-0.3, -0.25) is 0 Å². The summed E-state index contributed by atoms with van der Waals surface area (Å²) >= 11 is 0. The number of esters is 1. The molecule has 1 aromatic rings. The van der Waals surface area contributed by atoms with E-state index < -0.39 is 13.1 Å². The normalized spacial score (nSPS) is 19.0. The Morgan fingerprint density at radius 2 is 1.64 bits per heavy atom. The Morgan fingerprint density at radius 1 is 1.14 bits per heavy atom. The summed E-state index contributed by atoms with van der Waals surface area (Å²) in [6.45, 7) is 14.0. The third-order valence-corrected chi connectivity index (χ3v) is 4.31. The first-order valence-electron chi connectivity index (χ1n) is 7.50. The maximum absolute atomic E-state index is 11.7. The molecule has 5 heteroatoms. The van der Waals surface area contributed by atoms with Crippen molar-refractivity contribution < 1.29 is 18.8 Å². The standard InChI is InChI=1S/C17H23BO4/c1-7-20-15(19)12(2)13-8-10-14(11-9-13)18-21-16(3,4)17(5,6)22-18/h8-11H,2,7H2,1,3-6H3. The van der Waals surface area contributed by atoms with Crippen LogP contribution in [0.15, 0.2) is 30.8 Å². The number of rotatable bonds is 4. The van der Waals surface area contributed by atoms with Gasteiger partial charge in [-0.15, -0.1) is 0 Å². The van der Waals surface area contributed by atoms with E-state index in [1.807, 2.05) is 52.0 Å². The molecule has 1 heterocycles. The number of benzene rings is 1. The van der Waals surface area contributed by atoms with Gasteiger partial charge in [-0.25, -0.2) is 4.79 Å². The highest BCUT2D eigenvalue weighted by Gasteiger charge is 2.51. The van der Waals surface area contributed by atoms with Crippen LogP contribution in [0.2, 0.25) is 0 Å². The Balaban J connectivity index is 2.14. The molecule has 2 rings (SSSR count). The molecule has 0 bridgehead atoms. The van der Waals surface area contributed by atoms with Gasteiger partial charge in [-0.1, -0.05) is 30.8 Å². The van der Waals surface area contributed by atoms with Gasteiger partial charge >= 0.3 is 13.1 Å². The summed E-state index contributed by atoms with van der Waals surface area (Å²) in [6, 6.07) is 7.45. The van der Waals surface area contributed by atoms with Gasteiger partial charge in [0.2, 0.25) is 0 Å². The van der Waals surface area contributed by atoms with E-state index in [-0.39, 0.29) is 11.2 Å². The number of hydrogen-bond donors (Lipinski definition) is 0. The molecule has 1 saturated heterocycles. The van der Waals surface area contributed by atoms with Gasteiger partial charge in [0.1, 0.15) is 0 Å². The summed E-state index contributed by atoms with van der Waals surface area (Å²) in [5.74, 6) is -0.397. The Kier molecular flexibility index (Phi) is 4.50. The lowest BCUT2D eigenvalue weighted by Gasteiger charge is -2.32. The molecule has 0 N–H and O–H groups in total. The fourth-order valence-electron chi connectivity index (χ4n) is 2.16. The summed E-state index contributed by atoms with van der Waals surface area (Å²) < 4.78 is 17.0. The van der Waals surface area contributed by atoms with Crippen molar-refractivity contribution in [2.75, 3.05) is 6.61 Å². The first kappa shape index (κ1) is 16.8. The zero-order chi connectivity index (χ0) is 16.5. The van der Waals surface area contributed by atoms with Crippen LogP contribution in [0.4, 0.5) is 0 Å². The van der Waals surface area contributed by atoms with Crippen molar-refractivity contribution in [1.29, 1.82) is 0 Å². The minimum Gasteiger partial charge on any atom is -0.462 e. The fourth-order valence-corrected chi connectivity index (χ4v) is 2.16. The second-order valence-corrected chi connectivity index (χ2v) is 6.41. The maximum Gasteiger partial charge on any atom is 0.494 e. The predicted molar refractivity (Wildman–Crippen MR) is 87.8 cm³/mol. The van der Waals surface area contributed by atoms with E-state index in [9.17, 15) is 4.79 Å². The van der Waals surface area contributed by atoms with Crippen LogP contribution < -0.4 is 5.46 Å². The van der Waals surface area contributed by atoms with Gasteiger partial charge in [-0.2, -0.15) is 0 Å². The highest BCUT2D eigenvalue weighted by atomic mass is 16.7. The fraction of sp³-hybridized carbons (Fsp3) is 0.471. The van der Waals surface area contributed by atoms with Crippen molar-refractivity contribution in [3.05, 3.63) is 36.4 Å². The minimum absolute atomic E-state index is 0.337. The molecule has 0 atom stereocenters. The van der Waals surface area contributed by atoms with Crippen LogP contribution >= 0.6 is 0 Å². The molecule has 0 unspecified atom stereocenters. The summed E-state index contributed by atoms with van der Waals surface area (Å²) in [5, 5.41) is 0. The van der Waals surface area contributed by atoms with Crippen molar-refractivity contribution in [1.82, 2.24) is 0 Å². The number of ether oxygens (including phenoxy) is 1. The summed E-state index contributed by atoms with van der Waals surface area (Å²) in [7, 11) is -0.407. The van der Waals surface area contributed by atoms with Gasteiger partial charge in [-0.05, 0) is 45.6 Å². The van der Waals surface area contributed by atoms with Gasteiger partial charge in [0.05, 0.1) is 23.4 Å². The third-order valence-electron chi connectivity index (χ3n) is 4.31. The smallest absolute Gasteiger partial charge is 0.462 e. The quantitative estimate of drug-likeness (QED) is 0.487. The largest absolute Gasteiger partial charge is 0.494 e. The van der Waals surface area contributed by atoms with E-state index in [1.165, 1.54) is 0 Å². The van der Waals surface area contributed by atoms with Gasteiger partial charge in [0.15, 0.2) is 0 Å². The average molecular weight is 302 g/mol. The number of carbonyl (C=O) groups excluding carboxylic acids is 1. The maximum atomic E-state index is 11.7. The first-order chi connectivity index (χ1) is 10.2. The zero-order valence-corrected chi connectivity index (χ0v) is 13.9. The van der Waals surface area contributed by atoms with Crippen LogP contribution in [0.1, 0.15) is 40.2 Å². The lowest BCUT2D eigenvalue weighted by atomic mass is 9.78. The Hall–Kier alpha value is -1.59. The Labute approximate surface area is 132 Å². The number of carbonyl (C=O) groups is 1. The molecule has 1 fully saturated rings. The van der Waals surface area contributed by atoms with Crippen molar-refractivity contribution >= 4 is 24.1 Å². The summed E-state index contributed by atoms with van der Waals surface area (Å²) in [6.07, 6.45) is 0. The zero-order valence-electron chi connectivity index (χ0n) is 13.9. The van der Waals surface area contributed by atoms with Gasteiger partial charge < -0.3 is 14.0 Å². The van der Waals surface area contributed by atoms with Crippen LogP contribution in [0, 0.1) is 0 Å². The summed E-state index contributed by atoms with van der Waals surface area (Å²) in [4.78, 5) is 11.7. The first-order valence-corrected chi connectivity index (χ1v) is 7.50. The monoisotopic (exact) mass is 302 g/mol. The second kappa shape index (κ2) is 5.90. The SMILES string of the molecule is C=C(C(=O)OCC)c1ccc(B2OC(C)(C)C(C)(C)O2)cc1. The second-order valence-electron chi connectivity index (χ2n) is 6.41. The Bertz CT molecular complexity index is 559. The average Bonchev–Trinajstić information content (AvgIpc) is 2.67. The van der Waals surface area contributed by atoms with Crippen LogP contribution in [0.25, 0.3) is 5.57 Å². The van der Waals surface area contributed by atoms with Crippen molar-refractivity contribution in [3.63, 3.8) is 0 Å². The van der Waals surface area contributed by atoms with Crippen molar-refractivity contribution in [2.24, 2.45) is 0 Å². The van der Waals surface area contributed by atoms with Crippen LogP contribution in [-0.2, 0) is 18.8 Å². The molecule has 0 aliphatic carbocycles. The third kappa shape index (κ3) is 3.10. The molecular weight excluding hydrogens is 279 g/mol. The summed E-state index contributed by atoms with van der Waals surface area (Å²) in [5.41, 5.74) is 1.26. The Morgan fingerprint density at radius 3 is 2.09 bits per heavy atom. The highest BCUT2D eigenvalue weighted by molar-refractivity contribution is 6.62. The molecule has 0 radical (unpaired) electrons.